The molecule has 1 aliphatic heterocycles. The first-order valence-corrected chi connectivity index (χ1v) is 7.78. The molecule has 104 valence electrons. The summed E-state index contributed by atoms with van der Waals surface area (Å²) >= 11 is 0. The van der Waals surface area contributed by atoms with Gasteiger partial charge < -0.3 is 5.73 Å². The molecule has 1 aliphatic rings. The highest BCUT2D eigenvalue weighted by Crippen LogP contribution is 2.32. The van der Waals surface area contributed by atoms with Crippen LogP contribution in [0.5, 0.6) is 0 Å². The van der Waals surface area contributed by atoms with Gasteiger partial charge in [-0.3, -0.25) is 4.79 Å². The highest BCUT2D eigenvalue weighted by atomic mass is 32.2. The first kappa shape index (κ1) is 13.9. The van der Waals surface area contributed by atoms with E-state index in [2.05, 4.69) is 0 Å². The highest BCUT2D eigenvalue weighted by Gasteiger charge is 2.41. The summed E-state index contributed by atoms with van der Waals surface area (Å²) in [6.07, 6.45) is 1.85. The molecular weight excluding hydrogens is 264 g/mol. The summed E-state index contributed by atoms with van der Waals surface area (Å²) in [5.41, 5.74) is 6.19. The molecule has 2 rings (SSSR count). The van der Waals surface area contributed by atoms with Gasteiger partial charge in [0.2, 0.25) is 0 Å². The molecule has 0 aromatic heterocycles. The lowest BCUT2D eigenvalue weighted by Crippen LogP contribution is -2.34. The fourth-order valence-corrected chi connectivity index (χ4v) is 4.02. The second-order valence-electron chi connectivity index (χ2n) is 4.99. The quantitative estimate of drug-likeness (QED) is 0.855. The highest BCUT2D eigenvalue weighted by molar-refractivity contribution is 7.90. The van der Waals surface area contributed by atoms with Crippen molar-refractivity contribution in [2.24, 2.45) is 5.92 Å². The first-order valence-electron chi connectivity index (χ1n) is 6.34. The zero-order valence-electron chi connectivity index (χ0n) is 11.1. The van der Waals surface area contributed by atoms with Crippen molar-refractivity contribution in [1.29, 1.82) is 0 Å². The number of sulfonamides is 1. The van der Waals surface area contributed by atoms with Crippen molar-refractivity contribution < 1.29 is 13.2 Å². The van der Waals surface area contributed by atoms with Crippen LogP contribution in [0.4, 0.5) is 5.69 Å². The third kappa shape index (κ3) is 2.32. The number of nitrogens with two attached hydrogens (primary N) is 1. The number of anilines is 1. The van der Waals surface area contributed by atoms with E-state index in [4.69, 9.17) is 5.73 Å². The molecule has 1 aromatic rings. The van der Waals surface area contributed by atoms with Gasteiger partial charge in [0.05, 0.1) is 5.56 Å². The smallest absolute Gasteiger partial charge is 0.269 e. The van der Waals surface area contributed by atoms with Crippen molar-refractivity contribution in [2.75, 3.05) is 12.3 Å². The van der Waals surface area contributed by atoms with Crippen LogP contribution >= 0.6 is 0 Å². The molecule has 1 amide bonds. The summed E-state index contributed by atoms with van der Waals surface area (Å²) in [6.45, 7) is 4.21. The SMILES string of the molecule is CCCC(C)CN1C(=O)c2cc(N)ccc2S1(=O)=O. The maximum Gasteiger partial charge on any atom is 0.269 e. The van der Waals surface area contributed by atoms with Gasteiger partial charge in [-0.05, 0) is 30.5 Å². The normalized spacial score (nSPS) is 18.4. The van der Waals surface area contributed by atoms with Crippen molar-refractivity contribution in [1.82, 2.24) is 4.31 Å². The number of rotatable bonds is 4. The average Bonchev–Trinajstić information content (AvgIpc) is 2.51. The van der Waals surface area contributed by atoms with Gasteiger partial charge in [0, 0.05) is 12.2 Å². The number of hydrogen-bond donors (Lipinski definition) is 1. The molecule has 19 heavy (non-hydrogen) atoms. The summed E-state index contributed by atoms with van der Waals surface area (Å²) < 4.78 is 25.6. The molecule has 0 aliphatic carbocycles. The van der Waals surface area contributed by atoms with E-state index in [9.17, 15) is 13.2 Å². The number of nitrogens with zero attached hydrogens (tertiary/aromatic N) is 1. The third-order valence-corrected chi connectivity index (χ3v) is 5.09. The van der Waals surface area contributed by atoms with Crippen LogP contribution in [0, 0.1) is 5.92 Å². The molecule has 1 heterocycles. The minimum Gasteiger partial charge on any atom is -0.399 e. The van der Waals surface area contributed by atoms with Gasteiger partial charge in [-0.1, -0.05) is 20.3 Å². The van der Waals surface area contributed by atoms with Gasteiger partial charge in [0.25, 0.3) is 15.9 Å². The second kappa shape index (κ2) is 4.85. The van der Waals surface area contributed by atoms with Gasteiger partial charge in [0.15, 0.2) is 0 Å². The molecular formula is C13H18N2O3S. The van der Waals surface area contributed by atoms with Crippen LogP contribution in [0.2, 0.25) is 0 Å². The van der Waals surface area contributed by atoms with Crippen LogP contribution < -0.4 is 5.73 Å². The summed E-state index contributed by atoms with van der Waals surface area (Å²) in [5, 5.41) is 0. The Hall–Kier alpha value is -1.56. The fourth-order valence-electron chi connectivity index (χ4n) is 2.35. The molecule has 0 fully saturated rings. The second-order valence-corrected chi connectivity index (χ2v) is 6.82. The largest absolute Gasteiger partial charge is 0.399 e. The number of benzene rings is 1. The molecule has 1 aromatic carbocycles. The number of fused-ring (bicyclic) bond motifs is 1. The van der Waals surface area contributed by atoms with Crippen molar-refractivity contribution >= 4 is 21.6 Å². The monoisotopic (exact) mass is 282 g/mol. The van der Waals surface area contributed by atoms with E-state index >= 15 is 0 Å². The Morgan fingerprint density at radius 1 is 1.37 bits per heavy atom. The van der Waals surface area contributed by atoms with Crippen LogP contribution in [-0.4, -0.2) is 25.2 Å². The number of amides is 1. The van der Waals surface area contributed by atoms with Crippen molar-refractivity contribution in [2.45, 2.75) is 31.6 Å². The molecule has 0 radical (unpaired) electrons. The fraction of sp³-hybridized carbons (Fsp3) is 0.462. The van der Waals surface area contributed by atoms with Gasteiger partial charge in [-0.15, -0.1) is 0 Å². The van der Waals surface area contributed by atoms with Crippen LogP contribution in [0.3, 0.4) is 0 Å². The van der Waals surface area contributed by atoms with Crippen LogP contribution in [0.25, 0.3) is 0 Å². The predicted octanol–water partition coefficient (Wildman–Crippen LogP) is 1.85. The van der Waals surface area contributed by atoms with E-state index in [1.54, 1.807) is 0 Å². The number of carbonyl (C=O) groups excluding carboxylic acids is 1. The van der Waals surface area contributed by atoms with Gasteiger partial charge in [0.1, 0.15) is 4.90 Å². The van der Waals surface area contributed by atoms with Crippen molar-refractivity contribution in [3.05, 3.63) is 23.8 Å². The summed E-state index contributed by atoms with van der Waals surface area (Å²) in [7, 11) is -3.70. The molecule has 0 saturated carbocycles. The molecule has 0 spiro atoms. The predicted molar refractivity (Wildman–Crippen MR) is 73.1 cm³/mol. The number of carbonyl (C=O) groups is 1. The molecule has 5 nitrogen and oxygen atoms in total. The lowest BCUT2D eigenvalue weighted by Gasteiger charge is -2.19. The number of hydrogen-bond acceptors (Lipinski definition) is 4. The van der Waals surface area contributed by atoms with Gasteiger partial charge >= 0.3 is 0 Å². The van der Waals surface area contributed by atoms with E-state index in [-0.39, 0.29) is 22.9 Å². The van der Waals surface area contributed by atoms with Gasteiger partial charge in [-0.25, -0.2) is 12.7 Å². The molecule has 1 atom stereocenters. The minimum atomic E-state index is -3.70. The Labute approximate surface area is 113 Å². The van der Waals surface area contributed by atoms with Crippen LogP contribution in [0.15, 0.2) is 23.1 Å². The minimum absolute atomic E-state index is 0.0652. The topological polar surface area (TPSA) is 80.5 Å². The van der Waals surface area contributed by atoms with Crippen molar-refractivity contribution in [3.63, 3.8) is 0 Å². The first-order chi connectivity index (χ1) is 8.87. The Kier molecular flexibility index (Phi) is 3.54. The Morgan fingerprint density at radius 3 is 2.68 bits per heavy atom. The standard InChI is InChI=1S/C13H18N2O3S/c1-3-4-9(2)8-15-13(16)11-7-10(14)5-6-12(11)19(15,17)18/h5-7,9H,3-4,8,14H2,1-2H3. The van der Waals surface area contributed by atoms with Crippen LogP contribution in [-0.2, 0) is 10.0 Å². The Bertz CT molecular complexity index is 610. The van der Waals surface area contributed by atoms with E-state index in [0.29, 0.717) is 5.69 Å². The zero-order valence-corrected chi connectivity index (χ0v) is 11.9. The number of nitrogen functional groups attached to an aromatic ring is 1. The van der Waals surface area contributed by atoms with Crippen LogP contribution in [0.1, 0.15) is 37.0 Å². The van der Waals surface area contributed by atoms with Gasteiger partial charge in [-0.2, -0.15) is 0 Å². The summed E-state index contributed by atoms with van der Waals surface area (Å²) in [6, 6.07) is 4.34. The van der Waals surface area contributed by atoms with E-state index in [0.717, 1.165) is 17.1 Å². The van der Waals surface area contributed by atoms with E-state index < -0.39 is 15.9 Å². The zero-order chi connectivity index (χ0) is 14.2. The molecule has 6 heteroatoms. The van der Waals surface area contributed by atoms with Crippen molar-refractivity contribution in [3.8, 4) is 0 Å². The Balaban J connectivity index is 2.38. The average molecular weight is 282 g/mol. The van der Waals surface area contributed by atoms with E-state index in [1.165, 1.54) is 18.2 Å². The summed E-state index contributed by atoms with van der Waals surface area (Å²) in [4.78, 5) is 12.3. The maximum atomic E-state index is 12.3. The lowest BCUT2D eigenvalue weighted by atomic mass is 10.1. The van der Waals surface area contributed by atoms with E-state index in [1.807, 2.05) is 13.8 Å². The molecule has 1 unspecified atom stereocenters. The molecule has 0 saturated heterocycles. The third-order valence-electron chi connectivity index (χ3n) is 3.29. The Morgan fingerprint density at radius 2 is 2.05 bits per heavy atom. The lowest BCUT2D eigenvalue weighted by molar-refractivity contribution is 0.0857. The summed E-state index contributed by atoms with van der Waals surface area (Å²) in [5.74, 6) is -0.319. The molecule has 2 N–H and O–H groups in total. The maximum absolute atomic E-state index is 12.3. The molecule has 0 bridgehead atoms.